The summed E-state index contributed by atoms with van der Waals surface area (Å²) in [6, 6.07) is 8.02. The average molecular weight is 277 g/mol. The van der Waals surface area contributed by atoms with E-state index in [2.05, 4.69) is 20.9 Å². The lowest BCUT2D eigenvalue weighted by atomic mass is 10.1. The van der Waals surface area contributed by atoms with Crippen molar-refractivity contribution in [2.24, 2.45) is 0 Å². The predicted octanol–water partition coefficient (Wildman–Crippen LogP) is 3.26. The summed E-state index contributed by atoms with van der Waals surface area (Å²) in [5.74, 6) is 0.874. The number of nitrogens with zero attached hydrogens (tertiary/aromatic N) is 2. The van der Waals surface area contributed by atoms with Gasteiger partial charge in [0.25, 0.3) is 0 Å². The fraction of sp³-hybridized carbons (Fsp3) is 0.0833. The van der Waals surface area contributed by atoms with Crippen LogP contribution in [0.25, 0.3) is 16.4 Å². The number of aromatic nitrogens is 2. The highest BCUT2D eigenvalue weighted by atomic mass is 79.9. The van der Waals surface area contributed by atoms with Gasteiger partial charge in [0.15, 0.2) is 0 Å². The Bertz CT molecular complexity index is 675. The topological polar surface area (TPSA) is 26.5 Å². The van der Waals surface area contributed by atoms with Crippen molar-refractivity contribution in [1.82, 2.24) is 9.38 Å². The number of fused-ring (bicyclic) bond motifs is 3. The predicted molar refractivity (Wildman–Crippen MR) is 67.0 cm³/mol. The highest BCUT2D eigenvalue weighted by Crippen LogP contribution is 2.28. The van der Waals surface area contributed by atoms with E-state index in [9.17, 15) is 0 Å². The van der Waals surface area contributed by atoms with Gasteiger partial charge in [0.2, 0.25) is 0 Å². The molecule has 1 aromatic carbocycles. The van der Waals surface area contributed by atoms with Crippen molar-refractivity contribution in [1.29, 1.82) is 0 Å². The molecule has 3 aromatic rings. The fourth-order valence-corrected chi connectivity index (χ4v) is 2.31. The van der Waals surface area contributed by atoms with Crippen LogP contribution in [0.1, 0.15) is 0 Å². The number of methoxy groups -OCH3 is 1. The van der Waals surface area contributed by atoms with Gasteiger partial charge in [-0.25, -0.2) is 4.98 Å². The van der Waals surface area contributed by atoms with E-state index in [1.165, 1.54) is 0 Å². The lowest BCUT2D eigenvalue weighted by Gasteiger charge is -2.05. The zero-order valence-electron chi connectivity index (χ0n) is 8.64. The quantitative estimate of drug-likeness (QED) is 0.682. The van der Waals surface area contributed by atoms with Gasteiger partial charge < -0.3 is 9.14 Å². The van der Waals surface area contributed by atoms with Gasteiger partial charge in [-0.2, -0.15) is 0 Å². The van der Waals surface area contributed by atoms with E-state index in [4.69, 9.17) is 4.74 Å². The van der Waals surface area contributed by atoms with Gasteiger partial charge in [-0.1, -0.05) is 12.1 Å². The molecule has 0 spiro atoms. The molecule has 0 saturated heterocycles. The molecule has 0 amide bonds. The first kappa shape index (κ1) is 9.66. The zero-order chi connectivity index (χ0) is 11.1. The summed E-state index contributed by atoms with van der Waals surface area (Å²) in [7, 11) is 1.68. The first-order valence-corrected chi connectivity index (χ1v) is 5.69. The minimum atomic E-state index is 0.836. The molecule has 0 aliphatic carbocycles. The molecule has 0 fully saturated rings. The monoisotopic (exact) mass is 276 g/mol. The maximum Gasteiger partial charge on any atom is 0.146 e. The Morgan fingerprint density at radius 1 is 1.25 bits per heavy atom. The Balaban J connectivity index is 2.51. The summed E-state index contributed by atoms with van der Waals surface area (Å²) >= 11 is 3.38. The van der Waals surface area contributed by atoms with Crippen LogP contribution in [-0.4, -0.2) is 16.5 Å². The maximum atomic E-state index is 5.33. The van der Waals surface area contributed by atoms with E-state index in [1.807, 2.05) is 41.1 Å². The standard InChI is InChI=1S/C12H9BrN2O/c1-16-10-4-2-3-9-8(10)5-6-15-7-11(13)14-12(9)15/h2-7H,1H3. The second kappa shape index (κ2) is 3.49. The van der Waals surface area contributed by atoms with Crippen LogP contribution in [0.3, 0.4) is 0 Å². The minimum Gasteiger partial charge on any atom is -0.496 e. The minimum absolute atomic E-state index is 0.836. The third kappa shape index (κ3) is 1.30. The second-order valence-electron chi connectivity index (χ2n) is 3.53. The lowest BCUT2D eigenvalue weighted by Crippen LogP contribution is -1.88. The first-order valence-electron chi connectivity index (χ1n) is 4.89. The van der Waals surface area contributed by atoms with Gasteiger partial charge in [-0.05, 0) is 28.1 Å². The summed E-state index contributed by atoms with van der Waals surface area (Å²) in [5, 5.41) is 2.17. The molecule has 0 aliphatic rings. The van der Waals surface area contributed by atoms with Crippen LogP contribution in [0.4, 0.5) is 0 Å². The van der Waals surface area contributed by atoms with Gasteiger partial charge in [0.1, 0.15) is 16.0 Å². The Morgan fingerprint density at radius 3 is 2.94 bits per heavy atom. The van der Waals surface area contributed by atoms with Crippen molar-refractivity contribution in [2.75, 3.05) is 7.11 Å². The van der Waals surface area contributed by atoms with E-state index in [0.29, 0.717) is 0 Å². The normalized spacial score (nSPS) is 11.1. The number of hydrogen-bond acceptors (Lipinski definition) is 2. The molecule has 0 bridgehead atoms. The molecule has 2 aromatic heterocycles. The molecule has 3 rings (SSSR count). The Kier molecular flexibility index (Phi) is 2.11. The van der Waals surface area contributed by atoms with Crippen LogP contribution in [0.15, 0.2) is 41.3 Å². The van der Waals surface area contributed by atoms with Gasteiger partial charge in [-0.15, -0.1) is 0 Å². The van der Waals surface area contributed by atoms with Crippen LogP contribution in [0.5, 0.6) is 5.75 Å². The molecule has 0 aliphatic heterocycles. The van der Waals surface area contributed by atoms with Crippen LogP contribution in [0, 0.1) is 0 Å². The Morgan fingerprint density at radius 2 is 2.12 bits per heavy atom. The lowest BCUT2D eigenvalue weighted by molar-refractivity contribution is 0.420. The average Bonchev–Trinajstić information content (AvgIpc) is 2.69. The van der Waals surface area contributed by atoms with E-state index < -0.39 is 0 Å². The number of pyridine rings is 1. The SMILES string of the molecule is COc1cccc2c1ccn1cc(Br)nc21. The van der Waals surface area contributed by atoms with Crippen LogP contribution in [-0.2, 0) is 0 Å². The number of imidazole rings is 1. The summed E-state index contributed by atoms with van der Waals surface area (Å²) in [6.07, 6.45) is 3.92. The summed E-state index contributed by atoms with van der Waals surface area (Å²) in [4.78, 5) is 4.44. The third-order valence-electron chi connectivity index (χ3n) is 2.63. The Labute approximate surface area is 101 Å². The molecule has 0 saturated carbocycles. The zero-order valence-corrected chi connectivity index (χ0v) is 10.2. The molecule has 16 heavy (non-hydrogen) atoms. The smallest absolute Gasteiger partial charge is 0.146 e. The van der Waals surface area contributed by atoms with Gasteiger partial charge in [-0.3, -0.25) is 0 Å². The fourth-order valence-electron chi connectivity index (χ4n) is 1.92. The molecular formula is C12H9BrN2O. The van der Waals surface area contributed by atoms with Crippen molar-refractivity contribution < 1.29 is 4.74 Å². The summed E-state index contributed by atoms with van der Waals surface area (Å²) in [6.45, 7) is 0. The number of rotatable bonds is 1. The Hall–Kier alpha value is -1.55. The van der Waals surface area contributed by atoms with Crippen molar-refractivity contribution >= 4 is 32.3 Å². The number of benzene rings is 1. The molecule has 0 atom stereocenters. The van der Waals surface area contributed by atoms with E-state index in [1.54, 1.807) is 7.11 Å². The van der Waals surface area contributed by atoms with Crippen LogP contribution < -0.4 is 4.74 Å². The van der Waals surface area contributed by atoms with Crippen molar-refractivity contribution in [3.05, 3.63) is 41.3 Å². The first-order chi connectivity index (χ1) is 7.79. The second-order valence-corrected chi connectivity index (χ2v) is 4.34. The number of halogens is 1. The van der Waals surface area contributed by atoms with Gasteiger partial charge >= 0.3 is 0 Å². The molecule has 2 heterocycles. The molecule has 0 unspecified atom stereocenters. The number of hydrogen-bond donors (Lipinski definition) is 0. The molecule has 3 nitrogen and oxygen atoms in total. The summed E-state index contributed by atoms with van der Waals surface area (Å²) < 4.78 is 8.16. The molecule has 0 radical (unpaired) electrons. The molecule has 0 N–H and O–H groups in total. The van der Waals surface area contributed by atoms with Crippen LogP contribution >= 0.6 is 15.9 Å². The number of ether oxygens (including phenoxy) is 1. The molecular weight excluding hydrogens is 268 g/mol. The van der Waals surface area contributed by atoms with E-state index in [-0.39, 0.29) is 0 Å². The third-order valence-corrected chi connectivity index (χ3v) is 3.01. The largest absolute Gasteiger partial charge is 0.496 e. The van der Waals surface area contributed by atoms with Crippen LogP contribution in [0.2, 0.25) is 0 Å². The molecule has 4 heteroatoms. The van der Waals surface area contributed by atoms with Gasteiger partial charge in [0.05, 0.1) is 7.11 Å². The maximum absolute atomic E-state index is 5.33. The highest BCUT2D eigenvalue weighted by Gasteiger charge is 2.06. The van der Waals surface area contributed by atoms with E-state index in [0.717, 1.165) is 26.8 Å². The van der Waals surface area contributed by atoms with Crippen molar-refractivity contribution in [2.45, 2.75) is 0 Å². The van der Waals surface area contributed by atoms with Crippen molar-refractivity contribution in [3.8, 4) is 5.75 Å². The molecule has 80 valence electrons. The van der Waals surface area contributed by atoms with Crippen molar-refractivity contribution in [3.63, 3.8) is 0 Å². The van der Waals surface area contributed by atoms with E-state index >= 15 is 0 Å². The highest BCUT2D eigenvalue weighted by molar-refractivity contribution is 9.10. The van der Waals surface area contributed by atoms with Gasteiger partial charge in [0, 0.05) is 23.2 Å². The summed E-state index contributed by atoms with van der Waals surface area (Å²) in [5.41, 5.74) is 0.934.